The number of aromatic hydroxyl groups is 1. The number of nitrogens with zero attached hydrogens (tertiary/aromatic N) is 4. The predicted octanol–water partition coefficient (Wildman–Crippen LogP) is 2.94. The van der Waals surface area contributed by atoms with Gasteiger partial charge in [0.05, 0.1) is 19.4 Å². The van der Waals surface area contributed by atoms with Crippen molar-refractivity contribution in [2.45, 2.75) is 5.92 Å². The van der Waals surface area contributed by atoms with E-state index in [0.29, 0.717) is 11.3 Å². The Hall–Kier alpha value is -3.50. The van der Waals surface area contributed by atoms with Crippen molar-refractivity contribution in [2.24, 2.45) is 4.99 Å². The second kappa shape index (κ2) is 8.47. The van der Waals surface area contributed by atoms with E-state index in [1.54, 1.807) is 31.6 Å². The quantitative estimate of drug-likeness (QED) is 0.623. The van der Waals surface area contributed by atoms with Gasteiger partial charge in [-0.15, -0.1) is 0 Å². The summed E-state index contributed by atoms with van der Waals surface area (Å²) in [6, 6.07) is 14.9. The minimum Gasteiger partial charge on any atom is -0.508 e. The van der Waals surface area contributed by atoms with Gasteiger partial charge in [0.25, 0.3) is 0 Å². The van der Waals surface area contributed by atoms with E-state index in [1.165, 1.54) is 0 Å². The van der Waals surface area contributed by atoms with Gasteiger partial charge >= 0.3 is 0 Å². The van der Waals surface area contributed by atoms with Crippen LogP contribution in [0.3, 0.4) is 0 Å². The van der Waals surface area contributed by atoms with E-state index < -0.39 is 0 Å². The zero-order chi connectivity index (χ0) is 21.1. The van der Waals surface area contributed by atoms with E-state index in [1.807, 2.05) is 24.3 Å². The third-order valence-corrected chi connectivity index (χ3v) is 5.48. The van der Waals surface area contributed by atoms with Crippen LogP contribution in [0.25, 0.3) is 0 Å². The lowest BCUT2D eigenvalue weighted by Crippen LogP contribution is -2.43. The van der Waals surface area contributed by atoms with Crippen molar-refractivity contribution >= 4 is 6.34 Å². The first kappa shape index (κ1) is 19.8. The van der Waals surface area contributed by atoms with Crippen molar-refractivity contribution < 1.29 is 14.6 Å². The molecule has 2 aromatic rings. The molecule has 7 nitrogen and oxygen atoms in total. The van der Waals surface area contributed by atoms with Gasteiger partial charge in [0, 0.05) is 37.8 Å². The van der Waals surface area contributed by atoms with Crippen LogP contribution in [0.2, 0.25) is 0 Å². The predicted molar refractivity (Wildman–Crippen MR) is 114 cm³/mol. The van der Waals surface area contributed by atoms with Crippen molar-refractivity contribution in [3.8, 4) is 23.3 Å². The Morgan fingerprint density at radius 2 is 1.90 bits per heavy atom. The maximum absolute atomic E-state index is 9.99. The molecule has 1 atom stereocenters. The molecule has 0 saturated carbocycles. The fourth-order valence-electron chi connectivity index (χ4n) is 3.71. The lowest BCUT2D eigenvalue weighted by Gasteiger charge is -2.31. The van der Waals surface area contributed by atoms with Gasteiger partial charge in [0.1, 0.15) is 28.9 Å². The molecule has 1 fully saturated rings. The third kappa shape index (κ3) is 3.95. The van der Waals surface area contributed by atoms with Crippen LogP contribution in [0, 0.1) is 11.3 Å². The first-order valence-electron chi connectivity index (χ1n) is 9.85. The van der Waals surface area contributed by atoms with Gasteiger partial charge in [-0.3, -0.25) is 0 Å². The minimum absolute atomic E-state index is 0.102. The summed E-state index contributed by atoms with van der Waals surface area (Å²) in [5.74, 6) is 1.26. The second-order valence-electron chi connectivity index (χ2n) is 7.44. The molecule has 0 bridgehead atoms. The topological polar surface area (TPSA) is 81.3 Å². The Morgan fingerprint density at radius 1 is 1.17 bits per heavy atom. The summed E-state index contributed by atoms with van der Waals surface area (Å²) in [6.07, 6.45) is 1.75. The molecule has 0 aromatic heterocycles. The molecule has 0 unspecified atom stereocenters. The van der Waals surface area contributed by atoms with Crippen LogP contribution >= 0.6 is 0 Å². The number of hydrogen-bond donors (Lipinski definition) is 1. The number of allylic oxidation sites excluding steroid dienone is 1. The van der Waals surface area contributed by atoms with Crippen LogP contribution in [0.4, 0.5) is 0 Å². The Morgan fingerprint density at radius 3 is 2.57 bits per heavy atom. The Balaban J connectivity index is 1.74. The van der Waals surface area contributed by atoms with Crippen molar-refractivity contribution in [3.05, 3.63) is 65.0 Å². The standard InChI is InChI=1S/C23H24N4O3/c1-26-9-11-27(12-10-26)15-25-23-20(14-24)22(16-3-6-18(29-2)7-4-16)19-8-5-17(28)13-21(19)30-23/h3-8,13,15,22,28H,9-12H2,1-2H3/t22-/m0/s1. The van der Waals surface area contributed by atoms with Gasteiger partial charge in [0.2, 0.25) is 5.88 Å². The van der Waals surface area contributed by atoms with Gasteiger partial charge in [0.15, 0.2) is 0 Å². The molecular formula is C23H24N4O3. The Labute approximate surface area is 176 Å². The van der Waals surface area contributed by atoms with E-state index in [2.05, 4.69) is 27.9 Å². The molecule has 2 aliphatic rings. The summed E-state index contributed by atoms with van der Waals surface area (Å²) in [4.78, 5) is 8.91. The van der Waals surface area contributed by atoms with Crippen molar-refractivity contribution in [1.82, 2.24) is 9.80 Å². The fraction of sp³-hybridized carbons (Fsp3) is 0.304. The Bertz CT molecular complexity index is 1020. The van der Waals surface area contributed by atoms with Crippen molar-refractivity contribution in [3.63, 3.8) is 0 Å². The van der Waals surface area contributed by atoms with E-state index in [-0.39, 0.29) is 17.6 Å². The molecule has 0 aliphatic carbocycles. The first-order valence-corrected chi connectivity index (χ1v) is 9.85. The lowest BCUT2D eigenvalue weighted by atomic mass is 9.83. The highest BCUT2D eigenvalue weighted by molar-refractivity contribution is 5.61. The maximum Gasteiger partial charge on any atom is 0.235 e. The zero-order valence-corrected chi connectivity index (χ0v) is 17.1. The third-order valence-electron chi connectivity index (χ3n) is 5.48. The number of ether oxygens (including phenoxy) is 2. The lowest BCUT2D eigenvalue weighted by molar-refractivity contribution is 0.219. The number of methoxy groups -OCH3 is 1. The number of nitriles is 1. The largest absolute Gasteiger partial charge is 0.508 e. The average molecular weight is 404 g/mol. The van der Waals surface area contributed by atoms with Gasteiger partial charge in [-0.2, -0.15) is 5.26 Å². The number of piperazine rings is 1. The molecule has 1 N–H and O–H groups in total. The van der Waals surface area contributed by atoms with Crippen molar-refractivity contribution in [2.75, 3.05) is 40.3 Å². The molecule has 7 heteroatoms. The Kier molecular flexibility index (Phi) is 5.59. The van der Waals surface area contributed by atoms with E-state index in [4.69, 9.17) is 9.47 Å². The van der Waals surface area contributed by atoms with E-state index in [0.717, 1.165) is 43.1 Å². The molecule has 4 rings (SSSR count). The number of phenolic OH excluding ortho intramolecular Hbond substituents is 1. The molecule has 2 aromatic carbocycles. The fourth-order valence-corrected chi connectivity index (χ4v) is 3.71. The van der Waals surface area contributed by atoms with Crippen LogP contribution in [0.15, 0.2) is 58.9 Å². The summed E-state index contributed by atoms with van der Waals surface area (Å²) < 4.78 is 11.2. The molecule has 0 spiro atoms. The number of aliphatic imine (C=N–C) groups is 1. The molecule has 2 aliphatic heterocycles. The summed E-state index contributed by atoms with van der Waals surface area (Å²) in [6.45, 7) is 3.66. The van der Waals surface area contributed by atoms with Crippen LogP contribution in [-0.2, 0) is 0 Å². The summed E-state index contributed by atoms with van der Waals surface area (Å²) in [7, 11) is 3.71. The number of fused-ring (bicyclic) bond motifs is 1. The minimum atomic E-state index is -0.343. The molecule has 2 heterocycles. The highest BCUT2D eigenvalue weighted by Crippen LogP contribution is 2.44. The second-order valence-corrected chi connectivity index (χ2v) is 7.44. The van der Waals surface area contributed by atoms with Crippen LogP contribution < -0.4 is 9.47 Å². The maximum atomic E-state index is 9.99. The zero-order valence-electron chi connectivity index (χ0n) is 17.1. The average Bonchev–Trinajstić information content (AvgIpc) is 2.77. The number of hydrogen-bond acceptors (Lipinski definition) is 6. The molecule has 1 saturated heterocycles. The normalized spacial score (nSPS) is 19.4. The summed E-state index contributed by atoms with van der Waals surface area (Å²) in [5.41, 5.74) is 2.17. The SMILES string of the molecule is COc1ccc([C@@H]2C(C#N)=C(N=CN3CCN(C)CC3)Oc3cc(O)ccc32)cc1. The number of likely N-dealkylation sites (N-methyl/N-ethyl adjacent to an activating group) is 1. The molecule has 0 amide bonds. The smallest absolute Gasteiger partial charge is 0.235 e. The molecule has 30 heavy (non-hydrogen) atoms. The van der Waals surface area contributed by atoms with Gasteiger partial charge in [-0.05, 0) is 30.8 Å². The van der Waals surface area contributed by atoms with Crippen LogP contribution in [0.5, 0.6) is 17.2 Å². The van der Waals surface area contributed by atoms with Gasteiger partial charge in [-0.25, -0.2) is 4.99 Å². The van der Waals surface area contributed by atoms with Crippen LogP contribution in [-0.4, -0.2) is 61.6 Å². The van der Waals surface area contributed by atoms with E-state index >= 15 is 0 Å². The molecular weight excluding hydrogens is 380 g/mol. The first-order chi connectivity index (χ1) is 14.6. The summed E-state index contributed by atoms with van der Waals surface area (Å²) >= 11 is 0. The number of rotatable bonds is 4. The number of phenols is 1. The van der Waals surface area contributed by atoms with Gasteiger partial charge < -0.3 is 24.4 Å². The highest BCUT2D eigenvalue weighted by Gasteiger charge is 2.32. The van der Waals surface area contributed by atoms with Crippen molar-refractivity contribution in [1.29, 1.82) is 5.26 Å². The van der Waals surface area contributed by atoms with Gasteiger partial charge in [-0.1, -0.05) is 18.2 Å². The number of benzene rings is 2. The molecule has 154 valence electrons. The summed E-state index contributed by atoms with van der Waals surface area (Å²) in [5, 5.41) is 19.9. The monoisotopic (exact) mass is 404 g/mol. The highest BCUT2D eigenvalue weighted by atomic mass is 16.5. The molecule has 0 radical (unpaired) electrons. The van der Waals surface area contributed by atoms with Crippen LogP contribution in [0.1, 0.15) is 17.0 Å². The van der Waals surface area contributed by atoms with E-state index in [9.17, 15) is 10.4 Å².